The highest BCUT2D eigenvalue weighted by Crippen LogP contribution is 2.32. The van der Waals surface area contributed by atoms with Crippen LogP contribution in [0.4, 0.5) is 9.18 Å². The standard InChI is InChI=1S/C29H23FN2O5S/c1-17(27-28(34)31-29(35)38-27)18-9-13-21(14-10-18)36-15-16-37-26-24(19-7-11-20(30)12-8-19)32(2)23-6-4-3-5-22(23)25(26)33/h3-14H,15-16H2,1-2H3,(H,31,34,35)/b27-17+. The van der Waals surface area contributed by atoms with Crippen LogP contribution in [0.1, 0.15) is 12.5 Å². The molecule has 4 aromatic rings. The minimum atomic E-state index is -0.394. The number of ether oxygens (including phenoxy) is 2. The number of hydrogen-bond donors (Lipinski definition) is 1. The number of thioether (sulfide) groups is 1. The number of aromatic nitrogens is 1. The van der Waals surface area contributed by atoms with Crippen LogP contribution < -0.4 is 20.2 Å². The number of carbonyl (C=O) groups excluding carboxylic acids is 2. The summed E-state index contributed by atoms with van der Waals surface area (Å²) in [4.78, 5) is 37.1. The molecule has 0 bridgehead atoms. The molecule has 192 valence electrons. The molecule has 0 aliphatic carbocycles. The van der Waals surface area contributed by atoms with Gasteiger partial charge in [-0.15, -0.1) is 0 Å². The topological polar surface area (TPSA) is 86.6 Å². The van der Waals surface area contributed by atoms with Gasteiger partial charge < -0.3 is 14.0 Å². The summed E-state index contributed by atoms with van der Waals surface area (Å²) in [7, 11) is 1.84. The van der Waals surface area contributed by atoms with Gasteiger partial charge in [-0.3, -0.25) is 19.7 Å². The smallest absolute Gasteiger partial charge is 0.290 e. The number of imide groups is 1. The van der Waals surface area contributed by atoms with Gasteiger partial charge in [-0.05, 0) is 78.4 Å². The number of benzene rings is 3. The van der Waals surface area contributed by atoms with Crippen LogP contribution >= 0.6 is 11.8 Å². The molecule has 1 aromatic heterocycles. The minimum absolute atomic E-state index is 0.103. The zero-order valence-corrected chi connectivity index (χ0v) is 21.4. The molecule has 2 heterocycles. The first-order valence-corrected chi connectivity index (χ1v) is 12.6. The third kappa shape index (κ3) is 4.92. The molecule has 0 spiro atoms. The number of hydrogen-bond acceptors (Lipinski definition) is 6. The number of allylic oxidation sites excluding steroid dienone is 1. The van der Waals surface area contributed by atoms with Crippen LogP contribution in [0.2, 0.25) is 0 Å². The number of nitrogens with zero attached hydrogens (tertiary/aromatic N) is 1. The van der Waals surface area contributed by atoms with E-state index in [0.29, 0.717) is 32.9 Å². The largest absolute Gasteiger partial charge is 0.490 e. The molecule has 1 N–H and O–H groups in total. The maximum Gasteiger partial charge on any atom is 0.290 e. The number of rotatable bonds is 7. The molecule has 0 radical (unpaired) electrons. The van der Waals surface area contributed by atoms with E-state index in [2.05, 4.69) is 5.32 Å². The fourth-order valence-corrected chi connectivity index (χ4v) is 5.07. The molecular formula is C29H23FN2O5S. The summed E-state index contributed by atoms with van der Waals surface area (Å²) in [6.45, 7) is 2.06. The molecule has 5 rings (SSSR count). The van der Waals surface area contributed by atoms with Crippen LogP contribution in [0, 0.1) is 5.82 Å². The highest BCUT2D eigenvalue weighted by molar-refractivity contribution is 8.18. The van der Waals surface area contributed by atoms with E-state index in [-0.39, 0.29) is 35.4 Å². The third-order valence-corrected chi connectivity index (χ3v) is 7.21. The number of fused-ring (bicyclic) bond motifs is 1. The van der Waals surface area contributed by atoms with E-state index in [9.17, 15) is 18.8 Å². The average molecular weight is 531 g/mol. The second-order valence-corrected chi connectivity index (χ2v) is 9.59. The predicted molar refractivity (Wildman–Crippen MR) is 146 cm³/mol. The molecule has 1 saturated heterocycles. The normalized spacial score (nSPS) is 14.5. The molecule has 0 atom stereocenters. The Morgan fingerprint density at radius 2 is 1.61 bits per heavy atom. The summed E-state index contributed by atoms with van der Waals surface area (Å²) in [6, 6.07) is 20.3. The zero-order chi connectivity index (χ0) is 26.8. The van der Waals surface area contributed by atoms with Crippen LogP contribution in [-0.2, 0) is 11.8 Å². The minimum Gasteiger partial charge on any atom is -0.490 e. The molecule has 7 nitrogen and oxygen atoms in total. The van der Waals surface area contributed by atoms with E-state index in [0.717, 1.165) is 22.8 Å². The van der Waals surface area contributed by atoms with Crippen molar-refractivity contribution in [2.24, 2.45) is 7.05 Å². The zero-order valence-electron chi connectivity index (χ0n) is 20.6. The maximum atomic E-state index is 13.6. The van der Waals surface area contributed by atoms with Crippen molar-refractivity contribution < 1.29 is 23.5 Å². The summed E-state index contributed by atoms with van der Waals surface area (Å²) >= 11 is 0.885. The van der Waals surface area contributed by atoms with Gasteiger partial charge in [0.15, 0.2) is 5.75 Å². The lowest BCUT2D eigenvalue weighted by atomic mass is 10.1. The first kappa shape index (κ1) is 25.3. The highest BCUT2D eigenvalue weighted by atomic mass is 32.2. The summed E-state index contributed by atoms with van der Waals surface area (Å²) in [5, 5.41) is 2.40. The van der Waals surface area contributed by atoms with Crippen molar-refractivity contribution in [2.75, 3.05) is 13.2 Å². The first-order valence-electron chi connectivity index (χ1n) is 11.8. The summed E-state index contributed by atoms with van der Waals surface area (Å²) in [5.74, 6) is -0.0119. The van der Waals surface area contributed by atoms with Crippen molar-refractivity contribution in [3.63, 3.8) is 0 Å². The van der Waals surface area contributed by atoms with Crippen molar-refractivity contribution >= 4 is 39.4 Å². The Bertz CT molecular complexity index is 1640. The molecule has 1 aliphatic heterocycles. The maximum absolute atomic E-state index is 13.6. The Kier molecular flexibility index (Phi) is 7.02. The molecule has 0 unspecified atom stereocenters. The van der Waals surface area contributed by atoms with Gasteiger partial charge in [-0.1, -0.05) is 24.3 Å². The van der Waals surface area contributed by atoms with E-state index >= 15 is 0 Å². The lowest BCUT2D eigenvalue weighted by Crippen LogP contribution is -2.18. The van der Waals surface area contributed by atoms with E-state index in [1.165, 1.54) is 12.1 Å². The number of halogens is 1. The van der Waals surface area contributed by atoms with Crippen LogP contribution in [0.3, 0.4) is 0 Å². The van der Waals surface area contributed by atoms with Crippen LogP contribution in [0.5, 0.6) is 11.5 Å². The second kappa shape index (κ2) is 10.5. The van der Waals surface area contributed by atoms with Crippen LogP contribution in [0.15, 0.2) is 82.5 Å². The number of nitrogens with one attached hydrogen (secondary N) is 1. The van der Waals surface area contributed by atoms with Gasteiger partial charge in [0, 0.05) is 18.0 Å². The molecule has 2 amide bonds. The van der Waals surface area contributed by atoms with Crippen molar-refractivity contribution in [3.8, 4) is 22.8 Å². The Morgan fingerprint density at radius 1 is 0.921 bits per heavy atom. The van der Waals surface area contributed by atoms with Crippen molar-refractivity contribution in [2.45, 2.75) is 6.92 Å². The third-order valence-electron chi connectivity index (χ3n) is 6.23. The Balaban J connectivity index is 1.33. The Hall–Kier alpha value is -4.37. The lowest BCUT2D eigenvalue weighted by Gasteiger charge is -2.18. The molecule has 9 heteroatoms. The fraction of sp³-hybridized carbons (Fsp3) is 0.138. The lowest BCUT2D eigenvalue weighted by molar-refractivity contribution is -0.115. The van der Waals surface area contributed by atoms with Crippen molar-refractivity contribution in [1.82, 2.24) is 9.88 Å². The highest BCUT2D eigenvalue weighted by Gasteiger charge is 2.27. The molecule has 38 heavy (non-hydrogen) atoms. The van der Waals surface area contributed by atoms with Gasteiger partial charge in [0.2, 0.25) is 5.43 Å². The molecule has 0 saturated carbocycles. The number of amides is 2. The second-order valence-electron chi connectivity index (χ2n) is 8.61. The van der Waals surface area contributed by atoms with E-state index in [1.807, 2.05) is 23.7 Å². The quantitative estimate of drug-likeness (QED) is 0.250. The van der Waals surface area contributed by atoms with Gasteiger partial charge >= 0.3 is 0 Å². The van der Waals surface area contributed by atoms with Gasteiger partial charge in [0.1, 0.15) is 24.8 Å². The van der Waals surface area contributed by atoms with Crippen molar-refractivity contribution in [3.05, 3.63) is 99.3 Å². The summed E-state index contributed by atoms with van der Waals surface area (Å²) in [5.41, 5.74) is 3.19. The van der Waals surface area contributed by atoms with Gasteiger partial charge in [0.05, 0.1) is 16.1 Å². The Labute approximate surface area is 221 Å². The predicted octanol–water partition coefficient (Wildman–Crippen LogP) is 5.52. The Morgan fingerprint density at radius 3 is 2.29 bits per heavy atom. The van der Waals surface area contributed by atoms with Gasteiger partial charge in [-0.25, -0.2) is 4.39 Å². The summed E-state index contributed by atoms with van der Waals surface area (Å²) in [6.07, 6.45) is 0. The molecular weight excluding hydrogens is 507 g/mol. The van der Waals surface area contributed by atoms with Gasteiger partial charge in [-0.2, -0.15) is 0 Å². The van der Waals surface area contributed by atoms with E-state index < -0.39 is 5.91 Å². The van der Waals surface area contributed by atoms with Gasteiger partial charge in [0.25, 0.3) is 11.1 Å². The molecule has 3 aromatic carbocycles. The first-order chi connectivity index (χ1) is 18.3. The molecule has 1 fully saturated rings. The summed E-state index contributed by atoms with van der Waals surface area (Å²) < 4.78 is 27.2. The SMILES string of the molecule is C/C(=C1\SC(=O)NC1=O)c1ccc(OCCOc2c(-c3ccc(F)cc3)n(C)c3ccccc3c2=O)cc1. The average Bonchev–Trinajstić information content (AvgIpc) is 3.27. The van der Waals surface area contributed by atoms with E-state index in [1.54, 1.807) is 55.5 Å². The molecule has 1 aliphatic rings. The monoisotopic (exact) mass is 530 g/mol. The number of pyridine rings is 1. The van der Waals surface area contributed by atoms with Crippen LogP contribution in [-0.4, -0.2) is 28.9 Å². The number of aryl methyl sites for hydroxylation is 1. The van der Waals surface area contributed by atoms with E-state index in [4.69, 9.17) is 9.47 Å². The number of para-hydroxylation sites is 1. The number of carbonyl (C=O) groups is 2. The fourth-order valence-electron chi connectivity index (χ4n) is 4.32. The van der Waals surface area contributed by atoms with Crippen molar-refractivity contribution in [1.29, 1.82) is 0 Å². The van der Waals surface area contributed by atoms with Crippen LogP contribution in [0.25, 0.3) is 27.7 Å².